The predicted octanol–water partition coefficient (Wildman–Crippen LogP) is 1.95. The number of hydrogen-bond donors (Lipinski definition) is 1. The summed E-state index contributed by atoms with van der Waals surface area (Å²) in [6, 6.07) is 8.10. The van der Waals surface area contributed by atoms with Gasteiger partial charge in [-0.25, -0.2) is 0 Å². The summed E-state index contributed by atoms with van der Waals surface area (Å²) in [7, 11) is 0. The van der Waals surface area contributed by atoms with E-state index in [4.69, 9.17) is 4.84 Å². The zero-order valence-corrected chi connectivity index (χ0v) is 10.6. The third-order valence-electron chi connectivity index (χ3n) is 3.87. The number of nitrogens with zero attached hydrogens (tertiary/aromatic N) is 1. The summed E-state index contributed by atoms with van der Waals surface area (Å²) < 4.78 is 0. The van der Waals surface area contributed by atoms with Gasteiger partial charge in [-0.1, -0.05) is 12.1 Å². The summed E-state index contributed by atoms with van der Waals surface area (Å²) in [5.74, 6) is 0.0351. The van der Waals surface area contributed by atoms with Crippen LogP contribution in [0.1, 0.15) is 31.7 Å². The van der Waals surface area contributed by atoms with Gasteiger partial charge in [0.15, 0.2) is 0 Å². The third-order valence-corrected chi connectivity index (χ3v) is 3.87. The summed E-state index contributed by atoms with van der Waals surface area (Å²) in [5.41, 5.74) is 2.17. The Hall–Kier alpha value is -1.39. The van der Waals surface area contributed by atoms with E-state index in [0.29, 0.717) is 13.0 Å². The van der Waals surface area contributed by atoms with E-state index in [9.17, 15) is 4.79 Å². The minimum absolute atomic E-state index is 0.0351. The van der Waals surface area contributed by atoms with Crippen LogP contribution >= 0.6 is 0 Å². The van der Waals surface area contributed by atoms with Crippen LogP contribution < -0.4 is 10.4 Å². The summed E-state index contributed by atoms with van der Waals surface area (Å²) in [4.78, 5) is 16.9. The van der Waals surface area contributed by atoms with Crippen LogP contribution in [-0.4, -0.2) is 19.1 Å². The lowest BCUT2D eigenvalue weighted by Crippen LogP contribution is -2.33. The molecule has 0 bridgehead atoms. The minimum Gasteiger partial charge on any atom is -0.308 e. The van der Waals surface area contributed by atoms with Crippen LogP contribution in [0.4, 0.5) is 5.69 Å². The van der Waals surface area contributed by atoms with Crippen LogP contribution in [0.15, 0.2) is 24.3 Å². The van der Waals surface area contributed by atoms with E-state index in [1.165, 1.54) is 17.0 Å². The molecule has 1 atom stereocenters. The molecule has 1 aromatic carbocycles. The zero-order chi connectivity index (χ0) is 12.6. The molecule has 2 aliphatic heterocycles. The van der Waals surface area contributed by atoms with Crippen LogP contribution in [0.5, 0.6) is 0 Å². The highest BCUT2D eigenvalue weighted by Gasteiger charge is 2.30. The largest absolute Gasteiger partial charge is 0.308 e. The van der Waals surface area contributed by atoms with Crippen molar-refractivity contribution >= 4 is 11.6 Å². The van der Waals surface area contributed by atoms with Crippen molar-refractivity contribution in [2.24, 2.45) is 0 Å². The lowest BCUT2D eigenvalue weighted by atomic mass is 9.90. The number of nitrogens with one attached hydrogen (secondary N) is 1. The number of amides is 1. The number of hydroxylamine groups is 1. The Balaban J connectivity index is 1.82. The Labute approximate surface area is 107 Å². The minimum atomic E-state index is 0.0351. The Morgan fingerprint density at radius 3 is 2.67 bits per heavy atom. The van der Waals surface area contributed by atoms with E-state index in [-0.39, 0.29) is 11.4 Å². The monoisotopic (exact) mass is 246 g/mol. The average Bonchev–Trinajstić information content (AvgIpc) is 2.99. The van der Waals surface area contributed by atoms with Crippen molar-refractivity contribution in [2.75, 3.05) is 18.2 Å². The number of carbonyl (C=O) groups is 1. The fraction of sp³-hybridized carbons (Fsp3) is 0.500. The van der Waals surface area contributed by atoms with E-state index < -0.39 is 0 Å². The van der Waals surface area contributed by atoms with Gasteiger partial charge in [-0.05, 0) is 44.0 Å². The van der Waals surface area contributed by atoms with Crippen molar-refractivity contribution in [2.45, 2.75) is 31.7 Å². The van der Waals surface area contributed by atoms with Gasteiger partial charge in [0.2, 0.25) is 0 Å². The molecule has 96 valence electrons. The fourth-order valence-electron chi connectivity index (χ4n) is 2.72. The smallest absolute Gasteiger partial charge is 0.253 e. The molecule has 1 N–H and O–H groups in total. The molecular weight excluding hydrogens is 228 g/mol. The van der Waals surface area contributed by atoms with Gasteiger partial charge < -0.3 is 5.32 Å². The van der Waals surface area contributed by atoms with Gasteiger partial charge >= 0.3 is 0 Å². The van der Waals surface area contributed by atoms with Gasteiger partial charge in [0.1, 0.15) is 0 Å². The standard InChI is InChI=1S/C14H18N2O2/c1-14(8-2-9-15-14)11-3-5-12(6-4-11)16-13(17)7-10-18-16/h3-6,15H,2,7-10H2,1H3. The molecule has 0 saturated carbocycles. The second kappa shape index (κ2) is 4.37. The lowest BCUT2D eigenvalue weighted by Gasteiger charge is -2.25. The first-order valence-corrected chi connectivity index (χ1v) is 6.50. The topological polar surface area (TPSA) is 41.6 Å². The number of carbonyl (C=O) groups excluding carboxylic acids is 1. The van der Waals surface area contributed by atoms with Crippen LogP contribution in [-0.2, 0) is 15.2 Å². The van der Waals surface area contributed by atoms with E-state index in [1.54, 1.807) is 0 Å². The van der Waals surface area contributed by atoms with Crippen molar-refractivity contribution in [3.63, 3.8) is 0 Å². The Morgan fingerprint density at radius 1 is 1.33 bits per heavy atom. The molecule has 3 rings (SSSR count). The highest BCUT2D eigenvalue weighted by Crippen LogP contribution is 2.31. The second-order valence-corrected chi connectivity index (χ2v) is 5.18. The first-order valence-electron chi connectivity index (χ1n) is 6.50. The summed E-state index contributed by atoms with van der Waals surface area (Å²) in [5, 5.41) is 4.93. The van der Waals surface area contributed by atoms with Crippen molar-refractivity contribution in [3.8, 4) is 0 Å². The highest BCUT2D eigenvalue weighted by molar-refractivity contribution is 5.92. The van der Waals surface area contributed by atoms with E-state index in [2.05, 4.69) is 24.4 Å². The molecule has 1 amide bonds. The molecule has 2 fully saturated rings. The molecule has 0 spiro atoms. The summed E-state index contributed by atoms with van der Waals surface area (Å²) in [6.45, 7) is 3.79. The number of hydrogen-bond acceptors (Lipinski definition) is 3. The molecule has 0 radical (unpaired) electrons. The summed E-state index contributed by atoms with van der Waals surface area (Å²) >= 11 is 0. The molecule has 2 saturated heterocycles. The van der Waals surface area contributed by atoms with Gasteiger partial charge in [0.05, 0.1) is 18.7 Å². The van der Waals surface area contributed by atoms with Gasteiger partial charge in [-0.15, -0.1) is 0 Å². The fourth-order valence-corrected chi connectivity index (χ4v) is 2.72. The molecule has 4 nitrogen and oxygen atoms in total. The molecule has 0 aromatic heterocycles. The van der Waals surface area contributed by atoms with Crippen LogP contribution in [0.2, 0.25) is 0 Å². The van der Waals surface area contributed by atoms with Crippen molar-refractivity contribution < 1.29 is 9.63 Å². The Morgan fingerprint density at radius 2 is 2.11 bits per heavy atom. The van der Waals surface area contributed by atoms with Crippen molar-refractivity contribution in [3.05, 3.63) is 29.8 Å². The van der Waals surface area contributed by atoms with Gasteiger partial charge in [0, 0.05) is 5.54 Å². The van der Waals surface area contributed by atoms with Gasteiger partial charge in [0.25, 0.3) is 5.91 Å². The number of rotatable bonds is 2. The van der Waals surface area contributed by atoms with E-state index in [1.807, 2.05) is 12.1 Å². The maximum absolute atomic E-state index is 11.6. The van der Waals surface area contributed by atoms with Crippen LogP contribution in [0.25, 0.3) is 0 Å². The molecule has 1 aromatic rings. The average molecular weight is 246 g/mol. The SMILES string of the molecule is CC1(c2ccc(N3OCCC3=O)cc2)CCCN1. The normalized spacial score (nSPS) is 28.1. The van der Waals surface area contributed by atoms with Gasteiger partial charge in [-0.3, -0.25) is 9.63 Å². The highest BCUT2D eigenvalue weighted by atomic mass is 16.7. The molecule has 2 heterocycles. The van der Waals surface area contributed by atoms with Crippen molar-refractivity contribution in [1.29, 1.82) is 0 Å². The first kappa shape index (κ1) is 11.7. The Bertz CT molecular complexity index is 449. The molecule has 2 aliphatic rings. The third kappa shape index (κ3) is 1.91. The first-order chi connectivity index (χ1) is 8.69. The van der Waals surface area contributed by atoms with Gasteiger partial charge in [-0.2, -0.15) is 5.06 Å². The molecule has 4 heteroatoms. The lowest BCUT2D eigenvalue weighted by molar-refractivity contribution is -0.119. The predicted molar refractivity (Wildman–Crippen MR) is 69.1 cm³/mol. The maximum Gasteiger partial charge on any atom is 0.253 e. The van der Waals surface area contributed by atoms with Crippen LogP contribution in [0.3, 0.4) is 0 Å². The quantitative estimate of drug-likeness (QED) is 0.867. The molecule has 1 unspecified atom stereocenters. The molecule has 18 heavy (non-hydrogen) atoms. The number of anilines is 1. The summed E-state index contributed by atoms with van der Waals surface area (Å²) in [6.07, 6.45) is 2.85. The van der Waals surface area contributed by atoms with Crippen molar-refractivity contribution in [1.82, 2.24) is 5.32 Å². The zero-order valence-electron chi connectivity index (χ0n) is 10.6. The number of benzene rings is 1. The van der Waals surface area contributed by atoms with E-state index in [0.717, 1.165) is 18.7 Å². The molecular formula is C14H18N2O2. The second-order valence-electron chi connectivity index (χ2n) is 5.18. The maximum atomic E-state index is 11.6. The Kier molecular flexibility index (Phi) is 2.84. The van der Waals surface area contributed by atoms with Crippen LogP contribution in [0, 0.1) is 0 Å². The van der Waals surface area contributed by atoms with E-state index >= 15 is 0 Å². The molecule has 0 aliphatic carbocycles.